The molecule has 0 saturated carbocycles. The molecule has 24 heavy (non-hydrogen) atoms. The number of thiazole rings is 1. The van der Waals surface area contributed by atoms with E-state index in [0.29, 0.717) is 10.6 Å². The summed E-state index contributed by atoms with van der Waals surface area (Å²) in [7, 11) is 1.72. The average molecular weight is 423 g/mol. The minimum atomic E-state index is 0.164. The zero-order valence-electron chi connectivity index (χ0n) is 12.6. The topological polar surface area (TPSA) is 49.9 Å². The molecule has 0 amide bonds. The number of phenols is 1. The highest BCUT2D eigenvalue weighted by molar-refractivity contribution is 9.10. The van der Waals surface area contributed by atoms with E-state index in [0.717, 1.165) is 20.5 Å². The smallest absolute Gasteiger partial charge is 0.205 e. The normalized spacial score (nSPS) is 12.2. The molecule has 7 heteroatoms. The summed E-state index contributed by atoms with van der Waals surface area (Å²) in [5, 5.41) is 17.1. The van der Waals surface area contributed by atoms with E-state index in [1.165, 1.54) is 11.3 Å². The van der Waals surface area contributed by atoms with E-state index in [1.54, 1.807) is 36.1 Å². The highest BCUT2D eigenvalue weighted by Gasteiger charge is 2.08. The van der Waals surface area contributed by atoms with E-state index in [4.69, 9.17) is 11.6 Å². The zero-order valence-corrected chi connectivity index (χ0v) is 15.8. The van der Waals surface area contributed by atoms with Crippen molar-refractivity contribution in [3.05, 3.63) is 67.7 Å². The van der Waals surface area contributed by atoms with Crippen molar-refractivity contribution in [1.82, 2.24) is 4.68 Å². The Morgan fingerprint density at radius 1 is 1.25 bits per heavy atom. The number of phenolic OH excluding ortho intramolecular Hbond substituents is 1. The monoisotopic (exact) mass is 421 g/mol. The highest BCUT2D eigenvalue weighted by atomic mass is 79.9. The second-order valence-electron chi connectivity index (χ2n) is 4.90. The fraction of sp³-hybridized carbons (Fsp3) is 0.0588. The van der Waals surface area contributed by atoms with Crippen LogP contribution in [0.25, 0.3) is 11.3 Å². The zero-order chi connectivity index (χ0) is 17.1. The van der Waals surface area contributed by atoms with Gasteiger partial charge in [0, 0.05) is 33.0 Å². The van der Waals surface area contributed by atoms with Crippen LogP contribution in [0.5, 0.6) is 5.75 Å². The molecule has 2 aromatic carbocycles. The molecule has 0 aliphatic rings. The Morgan fingerprint density at radius 3 is 2.83 bits per heavy atom. The fourth-order valence-corrected chi connectivity index (χ4v) is 3.53. The van der Waals surface area contributed by atoms with Crippen LogP contribution in [0.3, 0.4) is 0 Å². The number of halogens is 2. The lowest BCUT2D eigenvalue weighted by atomic mass is 10.2. The van der Waals surface area contributed by atoms with Crippen molar-refractivity contribution >= 4 is 45.1 Å². The molecule has 0 saturated heterocycles. The molecule has 0 aliphatic heterocycles. The third-order valence-corrected chi connectivity index (χ3v) is 4.93. The first-order valence-corrected chi connectivity index (χ1v) is 9.05. The highest BCUT2D eigenvalue weighted by Crippen LogP contribution is 2.24. The van der Waals surface area contributed by atoms with Crippen molar-refractivity contribution in [1.29, 1.82) is 0 Å². The van der Waals surface area contributed by atoms with Crippen LogP contribution in [0, 0.1) is 0 Å². The first kappa shape index (κ1) is 17.0. The van der Waals surface area contributed by atoms with Crippen molar-refractivity contribution in [3.8, 4) is 17.0 Å². The minimum Gasteiger partial charge on any atom is -0.507 e. The first-order valence-electron chi connectivity index (χ1n) is 7.00. The van der Waals surface area contributed by atoms with Crippen molar-refractivity contribution in [3.63, 3.8) is 0 Å². The van der Waals surface area contributed by atoms with Crippen molar-refractivity contribution in [2.24, 2.45) is 10.1 Å². The van der Waals surface area contributed by atoms with Gasteiger partial charge in [0.2, 0.25) is 4.80 Å². The van der Waals surface area contributed by atoms with Gasteiger partial charge in [-0.05, 0) is 30.3 Å². The Balaban J connectivity index is 2.09. The lowest BCUT2D eigenvalue weighted by molar-refractivity contribution is 0.474. The minimum absolute atomic E-state index is 0.164. The van der Waals surface area contributed by atoms with Gasteiger partial charge < -0.3 is 5.11 Å². The number of benzene rings is 2. The maximum absolute atomic E-state index is 9.95. The van der Waals surface area contributed by atoms with Crippen molar-refractivity contribution in [2.75, 3.05) is 7.05 Å². The molecule has 4 nitrogen and oxygen atoms in total. The van der Waals surface area contributed by atoms with Crippen LogP contribution in [-0.2, 0) is 0 Å². The third kappa shape index (κ3) is 3.61. The molecule has 3 rings (SSSR count). The van der Waals surface area contributed by atoms with Crippen LogP contribution in [-0.4, -0.2) is 23.0 Å². The van der Waals surface area contributed by atoms with E-state index in [2.05, 4.69) is 26.0 Å². The molecule has 0 aliphatic carbocycles. The summed E-state index contributed by atoms with van der Waals surface area (Å²) in [5.74, 6) is 0.164. The summed E-state index contributed by atoms with van der Waals surface area (Å²) >= 11 is 11.0. The maximum atomic E-state index is 9.95. The lowest BCUT2D eigenvalue weighted by Gasteiger charge is -2.04. The molecule has 0 fully saturated rings. The summed E-state index contributed by atoms with van der Waals surface area (Å²) in [6, 6.07) is 12.8. The van der Waals surface area contributed by atoms with Gasteiger partial charge in [0.1, 0.15) is 5.75 Å². The SMILES string of the molecule is CN=c1scc(-c2cccc(Cl)c2)n1N=Cc1cc(Br)ccc1O. The quantitative estimate of drug-likeness (QED) is 0.608. The second-order valence-corrected chi connectivity index (χ2v) is 7.09. The van der Waals surface area contributed by atoms with Crippen LogP contribution >= 0.6 is 38.9 Å². The number of rotatable bonds is 3. The van der Waals surface area contributed by atoms with Gasteiger partial charge in [-0.15, -0.1) is 11.3 Å². The Hall–Kier alpha value is -1.89. The van der Waals surface area contributed by atoms with E-state index >= 15 is 0 Å². The van der Waals surface area contributed by atoms with Gasteiger partial charge >= 0.3 is 0 Å². The van der Waals surface area contributed by atoms with E-state index in [-0.39, 0.29) is 5.75 Å². The molecule has 122 valence electrons. The Kier molecular flexibility index (Phi) is 5.18. The van der Waals surface area contributed by atoms with Gasteiger partial charge in [0.15, 0.2) is 0 Å². The van der Waals surface area contributed by atoms with Crippen molar-refractivity contribution < 1.29 is 5.11 Å². The summed E-state index contributed by atoms with van der Waals surface area (Å²) in [6.07, 6.45) is 1.61. The van der Waals surface area contributed by atoms with E-state index < -0.39 is 0 Å². The summed E-state index contributed by atoms with van der Waals surface area (Å²) in [5.41, 5.74) is 2.44. The average Bonchev–Trinajstić information content (AvgIpc) is 2.98. The summed E-state index contributed by atoms with van der Waals surface area (Å²) in [4.78, 5) is 5.00. The molecular weight excluding hydrogens is 410 g/mol. The van der Waals surface area contributed by atoms with Gasteiger partial charge in [-0.3, -0.25) is 4.99 Å². The molecule has 1 N–H and O–H groups in total. The maximum Gasteiger partial charge on any atom is 0.205 e. The number of aromatic hydroxyl groups is 1. The predicted octanol–water partition coefficient (Wildman–Crippen LogP) is 4.75. The van der Waals surface area contributed by atoms with Crippen LogP contribution in [0.2, 0.25) is 5.02 Å². The summed E-state index contributed by atoms with van der Waals surface area (Å²) < 4.78 is 2.60. The second kappa shape index (κ2) is 7.34. The predicted molar refractivity (Wildman–Crippen MR) is 103 cm³/mol. The van der Waals surface area contributed by atoms with Gasteiger partial charge in [-0.2, -0.15) is 5.10 Å². The van der Waals surface area contributed by atoms with Gasteiger partial charge in [0.25, 0.3) is 0 Å². The fourth-order valence-electron chi connectivity index (χ4n) is 2.16. The number of aromatic nitrogens is 1. The van der Waals surface area contributed by atoms with Gasteiger partial charge in [0.05, 0.1) is 11.9 Å². The summed E-state index contributed by atoms with van der Waals surface area (Å²) in [6.45, 7) is 0. The molecule has 1 aromatic heterocycles. The standard InChI is InChI=1S/C17H13BrClN3OS/c1-20-17-22(21-9-12-7-13(18)5-6-16(12)23)15(10-24-17)11-3-2-4-14(19)8-11/h2-10,23H,1H3. The Labute approximate surface area is 156 Å². The first-order chi connectivity index (χ1) is 11.6. The van der Waals surface area contributed by atoms with Gasteiger partial charge in [-0.25, -0.2) is 4.68 Å². The molecule has 0 bridgehead atoms. The van der Waals surface area contributed by atoms with Crippen LogP contribution in [0.15, 0.2) is 62.4 Å². The number of hydrogen-bond acceptors (Lipinski definition) is 4. The van der Waals surface area contributed by atoms with Crippen LogP contribution < -0.4 is 4.80 Å². The number of nitrogens with zero attached hydrogens (tertiary/aromatic N) is 3. The van der Waals surface area contributed by atoms with Crippen LogP contribution in [0.4, 0.5) is 0 Å². The van der Waals surface area contributed by atoms with Crippen molar-refractivity contribution in [2.45, 2.75) is 0 Å². The Bertz CT molecular complexity index is 978. The number of hydrogen-bond donors (Lipinski definition) is 1. The van der Waals surface area contributed by atoms with E-state index in [1.807, 2.05) is 29.6 Å². The molecule has 0 radical (unpaired) electrons. The molecule has 1 heterocycles. The molecule has 3 aromatic rings. The third-order valence-electron chi connectivity index (χ3n) is 3.30. The lowest BCUT2D eigenvalue weighted by Crippen LogP contribution is -2.11. The molecule has 0 unspecified atom stereocenters. The molecular formula is C17H13BrClN3OS. The largest absolute Gasteiger partial charge is 0.507 e. The van der Waals surface area contributed by atoms with Gasteiger partial charge in [-0.1, -0.05) is 39.7 Å². The Morgan fingerprint density at radius 2 is 2.08 bits per heavy atom. The van der Waals surface area contributed by atoms with E-state index in [9.17, 15) is 5.11 Å². The molecule has 0 atom stereocenters. The molecule has 0 spiro atoms. The van der Waals surface area contributed by atoms with Crippen LogP contribution in [0.1, 0.15) is 5.56 Å².